The number of benzene rings is 1. The maximum atomic E-state index is 6.00. The van der Waals surface area contributed by atoms with Crippen LogP contribution >= 0.6 is 23.4 Å². The fourth-order valence-electron chi connectivity index (χ4n) is 1.04. The average molecular weight is 226 g/mol. The van der Waals surface area contributed by atoms with Crippen molar-refractivity contribution >= 4 is 29.1 Å². The minimum Gasteiger partial charge on any atom is -0.398 e. The summed E-state index contributed by atoms with van der Waals surface area (Å²) in [5.74, 6) is 0. The summed E-state index contributed by atoms with van der Waals surface area (Å²) in [6.45, 7) is 0. The van der Waals surface area contributed by atoms with E-state index in [9.17, 15) is 0 Å². The molecular formula is C9H8ClN3S. The summed E-state index contributed by atoms with van der Waals surface area (Å²) in [4.78, 5) is 7.90. The maximum Gasteiger partial charge on any atom is 0.170 e. The van der Waals surface area contributed by atoms with Crippen LogP contribution in [0, 0.1) is 0 Å². The predicted molar refractivity (Wildman–Crippen MR) is 58.6 cm³/mol. The summed E-state index contributed by atoms with van der Waals surface area (Å²) in [5.41, 5.74) is 6.46. The van der Waals surface area contributed by atoms with Crippen molar-refractivity contribution in [3.8, 4) is 0 Å². The Hall–Kier alpha value is -1.13. The molecule has 3 nitrogen and oxygen atoms in total. The van der Waals surface area contributed by atoms with E-state index in [1.54, 1.807) is 12.4 Å². The van der Waals surface area contributed by atoms with Gasteiger partial charge in [0.25, 0.3) is 0 Å². The van der Waals surface area contributed by atoms with E-state index < -0.39 is 0 Å². The zero-order valence-corrected chi connectivity index (χ0v) is 8.77. The van der Waals surface area contributed by atoms with Crippen molar-refractivity contribution in [2.45, 2.75) is 10.1 Å². The Morgan fingerprint density at radius 2 is 2.29 bits per heavy atom. The molecule has 0 aliphatic rings. The summed E-state index contributed by atoms with van der Waals surface area (Å²) in [5, 5.41) is 1.43. The molecule has 1 aromatic carbocycles. The zero-order valence-electron chi connectivity index (χ0n) is 7.20. The Bertz CT molecular complexity index is 407. The fraction of sp³-hybridized carbons (Fsp3) is 0. The molecule has 0 radical (unpaired) electrons. The van der Waals surface area contributed by atoms with Gasteiger partial charge in [0.05, 0.1) is 9.92 Å². The van der Waals surface area contributed by atoms with Gasteiger partial charge < -0.3 is 10.7 Å². The Morgan fingerprint density at radius 3 is 2.93 bits per heavy atom. The van der Waals surface area contributed by atoms with Gasteiger partial charge in [-0.3, -0.25) is 0 Å². The van der Waals surface area contributed by atoms with Crippen LogP contribution in [-0.2, 0) is 0 Å². The number of hydrogen-bond acceptors (Lipinski definition) is 3. The van der Waals surface area contributed by atoms with E-state index in [0.717, 1.165) is 10.1 Å². The summed E-state index contributed by atoms with van der Waals surface area (Å²) in [7, 11) is 0. The number of nitrogens with two attached hydrogens (primary N) is 1. The lowest BCUT2D eigenvalue weighted by Crippen LogP contribution is -1.89. The van der Waals surface area contributed by atoms with Crippen molar-refractivity contribution in [3.05, 3.63) is 35.6 Å². The SMILES string of the molecule is Nc1cccc(Cl)c1Sc1ncc[nH]1. The molecule has 1 aromatic heterocycles. The summed E-state index contributed by atoms with van der Waals surface area (Å²) in [6.07, 6.45) is 3.45. The van der Waals surface area contributed by atoms with Crippen LogP contribution in [-0.4, -0.2) is 9.97 Å². The standard InChI is InChI=1S/C9H8ClN3S/c10-6-2-1-3-7(11)8(6)14-9-12-4-5-13-9/h1-5H,11H2,(H,12,13). The number of rotatable bonds is 2. The number of halogens is 1. The predicted octanol–water partition coefficient (Wildman–Crippen LogP) is 2.80. The van der Waals surface area contributed by atoms with Crippen molar-refractivity contribution in [1.29, 1.82) is 0 Å². The van der Waals surface area contributed by atoms with Crippen molar-refractivity contribution in [2.75, 3.05) is 5.73 Å². The molecule has 0 unspecified atom stereocenters. The monoisotopic (exact) mass is 225 g/mol. The molecule has 72 valence electrons. The van der Waals surface area contributed by atoms with E-state index in [1.165, 1.54) is 11.8 Å². The average Bonchev–Trinajstić information content (AvgIpc) is 2.64. The van der Waals surface area contributed by atoms with Crippen LogP contribution in [0.3, 0.4) is 0 Å². The number of aromatic amines is 1. The lowest BCUT2D eigenvalue weighted by atomic mass is 10.3. The van der Waals surface area contributed by atoms with Gasteiger partial charge in [0, 0.05) is 18.1 Å². The summed E-state index contributed by atoms with van der Waals surface area (Å²) in [6, 6.07) is 5.45. The molecule has 0 bridgehead atoms. The molecule has 0 fully saturated rings. The van der Waals surface area contributed by atoms with Gasteiger partial charge in [-0.2, -0.15) is 0 Å². The van der Waals surface area contributed by atoms with E-state index in [1.807, 2.05) is 18.2 Å². The Labute approximate surface area is 90.7 Å². The van der Waals surface area contributed by atoms with Gasteiger partial charge in [0.2, 0.25) is 0 Å². The minimum absolute atomic E-state index is 0.645. The van der Waals surface area contributed by atoms with E-state index in [4.69, 9.17) is 17.3 Å². The van der Waals surface area contributed by atoms with E-state index in [0.29, 0.717) is 10.7 Å². The van der Waals surface area contributed by atoms with Crippen LogP contribution in [0.2, 0.25) is 5.02 Å². The third kappa shape index (κ3) is 1.86. The molecule has 0 atom stereocenters. The Kier molecular flexibility index (Phi) is 2.65. The molecule has 2 rings (SSSR count). The number of imidazole rings is 1. The molecule has 0 amide bonds. The molecule has 5 heteroatoms. The van der Waals surface area contributed by atoms with Crippen LogP contribution in [0.4, 0.5) is 5.69 Å². The van der Waals surface area contributed by atoms with Gasteiger partial charge >= 0.3 is 0 Å². The van der Waals surface area contributed by atoms with Crippen LogP contribution in [0.25, 0.3) is 0 Å². The minimum atomic E-state index is 0.645. The Balaban J connectivity index is 2.33. The molecule has 0 aliphatic carbocycles. The lowest BCUT2D eigenvalue weighted by Gasteiger charge is -2.04. The highest BCUT2D eigenvalue weighted by Crippen LogP contribution is 2.35. The summed E-state index contributed by atoms with van der Waals surface area (Å²) >= 11 is 7.43. The second-order valence-electron chi connectivity index (χ2n) is 2.65. The molecule has 0 aliphatic heterocycles. The van der Waals surface area contributed by atoms with Gasteiger partial charge in [-0.15, -0.1) is 0 Å². The first-order valence-electron chi connectivity index (χ1n) is 3.98. The van der Waals surface area contributed by atoms with Crippen molar-refractivity contribution in [3.63, 3.8) is 0 Å². The molecule has 2 aromatic rings. The highest BCUT2D eigenvalue weighted by Gasteiger charge is 2.07. The van der Waals surface area contributed by atoms with Crippen LogP contribution in [0.15, 0.2) is 40.6 Å². The largest absolute Gasteiger partial charge is 0.398 e. The highest BCUT2D eigenvalue weighted by atomic mass is 35.5. The van der Waals surface area contributed by atoms with Gasteiger partial charge in [-0.1, -0.05) is 17.7 Å². The van der Waals surface area contributed by atoms with Crippen molar-refractivity contribution < 1.29 is 0 Å². The van der Waals surface area contributed by atoms with Gasteiger partial charge in [-0.25, -0.2) is 4.98 Å². The molecular weight excluding hydrogens is 218 g/mol. The molecule has 0 spiro atoms. The number of aromatic nitrogens is 2. The number of nitrogen functional groups attached to an aromatic ring is 1. The topological polar surface area (TPSA) is 54.7 Å². The second kappa shape index (κ2) is 3.94. The van der Waals surface area contributed by atoms with Crippen LogP contribution < -0.4 is 5.73 Å². The van der Waals surface area contributed by atoms with Crippen molar-refractivity contribution in [1.82, 2.24) is 9.97 Å². The zero-order chi connectivity index (χ0) is 9.97. The molecule has 1 heterocycles. The smallest absolute Gasteiger partial charge is 0.170 e. The lowest BCUT2D eigenvalue weighted by molar-refractivity contribution is 1.06. The van der Waals surface area contributed by atoms with E-state index in [2.05, 4.69) is 9.97 Å². The van der Waals surface area contributed by atoms with Gasteiger partial charge in [0.1, 0.15) is 0 Å². The number of hydrogen-bond donors (Lipinski definition) is 2. The fourth-order valence-corrected chi connectivity index (χ4v) is 2.12. The number of nitrogens with zero attached hydrogens (tertiary/aromatic N) is 1. The third-order valence-corrected chi connectivity index (χ3v) is 3.17. The quantitative estimate of drug-likeness (QED) is 0.773. The van der Waals surface area contributed by atoms with Gasteiger partial charge in [-0.05, 0) is 23.9 Å². The van der Waals surface area contributed by atoms with Gasteiger partial charge in [0.15, 0.2) is 5.16 Å². The number of H-pyrrole nitrogens is 1. The Morgan fingerprint density at radius 1 is 1.43 bits per heavy atom. The molecule has 0 saturated heterocycles. The molecule has 14 heavy (non-hydrogen) atoms. The van der Waals surface area contributed by atoms with E-state index in [-0.39, 0.29) is 0 Å². The van der Waals surface area contributed by atoms with E-state index >= 15 is 0 Å². The first kappa shape index (κ1) is 9.43. The molecule has 0 saturated carbocycles. The van der Waals surface area contributed by atoms with Crippen LogP contribution in [0.5, 0.6) is 0 Å². The normalized spacial score (nSPS) is 10.4. The highest BCUT2D eigenvalue weighted by molar-refractivity contribution is 7.99. The molecule has 3 N–H and O–H groups in total. The summed E-state index contributed by atoms with van der Waals surface area (Å²) < 4.78 is 0. The maximum absolute atomic E-state index is 6.00. The number of nitrogens with one attached hydrogen (secondary N) is 1. The first-order chi connectivity index (χ1) is 6.77. The third-order valence-electron chi connectivity index (χ3n) is 1.67. The first-order valence-corrected chi connectivity index (χ1v) is 5.18. The number of anilines is 1. The van der Waals surface area contributed by atoms with Crippen molar-refractivity contribution in [2.24, 2.45) is 0 Å². The van der Waals surface area contributed by atoms with Crippen LogP contribution in [0.1, 0.15) is 0 Å². The second-order valence-corrected chi connectivity index (χ2v) is 4.06.